The normalized spacial score (nSPS) is 13.3. The van der Waals surface area contributed by atoms with Crippen LogP contribution >= 0.6 is 0 Å². The number of furan rings is 1. The fourth-order valence-electron chi connectivity index (χ4n) is 9.86. The van der Waals surface area contributed by atoms with Gasteiger partial charge in [0.15, 0.2) is 11.6 Å². The minimum atomic E-state index is -0.452. The summed E-state index contributed by atoms with van der Waals surface area (Å²) < 4.78 is 31.2. The first-order valence-corrected chi connectivity index (χ1v) is 26.3. The first kappa shape index (κ1) is 54.6. The van der Waals surface area contributed by atoms with Gasteiger partial charge >= 0.3 is 0 Å². The number of nitrogens with zero attached hydrogens (tertiary/aromatic N) is 11. The molecule has 0 bridgehead atoms. The Bertz CT molecular complexity index is 3740. The van der Waals surface area contributed by atoms with Crippen LogP contribution in [-0.4, -0.2) is 150 Å². The molecular formula is C59H64FN13O6. The van der Waals surface area contributed by atoms with Gasteiger partial charge in [-0.3, -0.25) is 28.5 Å². The zero-order chi connectivity index (χ0) is 55.9. The van der Waals surface area contributed by atoms with Crippen LogP contribution in [0.15, 0.2) is 114 Å². The van der Waals surface area contributed by atoms with Gasteiger partial charge in [0.2, 0.25) is 11.8 Å². The van der Waals surface area contributed by atoms with Crippen LogP contribution in [-0.2, 0) is 22.7 Å². The van der Waals surface area contributed by atoms with E-state index in [0.717, 1.165) is 67.4 Å². The number of aromatic amines is 2. The number of methoxy groups -OCH3 is 1. The standard InChI is InChI=1S/C29H29FN8O2.C28H29N5O4.C2H6/c1-17-14-31-28-20(17)11-19(15-32-28)21-12-22(26(30)27-23(21)13-24(34-27)29(40)36(2)3)18-5-4-8-37(16-18)25(39)6-9-38-10-7-33-35-38;1-31(2)28(35)25-17-21-15-20(16-23(27(21)37-25)22-8-4-5-9-24(22)36-3)19-7-6-12-32(18-19)26(34)10-13-33-14-11-29-30-33;1-2/h5,7,10-15,34H,4,6,8-9,16H2,1-3H3,(H,31,32);4-5,7-9,11,14-17H,6,10,12-13,18H2,1-3H3;1-2H3. The van der Waals surface area contributed by atoms with E-state index in [1.54, 1.807) is 92.7 Å². The SMILES string of the molecule is CC.COc1ccccc1-c1cc(C2=CCCN(C(=O)CCn3ccnn3)C2)cc2cc(C(=O)N(C)C)oc12.Cc1c[nH]c2ncc(-c3cc(C4=CCCN(C(=O)CCn5ccnn5)C4)c(F)c4[nH]c(C(=O)N(C)C)cc34)cc12. The smallest absolute Gasteiger partial charge is 0.289 e. The maximum absolute atomic E-state index is 16.2. The number of H-pyrrole nitrogens is 2. The largest absolute Gasteiger partial charge is 0.496 e. The third kappa shape index (κ3) is 11.7. The van der Waals surface area contributed by atoms with Gasteiger partial charge in [0.05, 0.1) is 38.1 Å². The zero-order valence-electron chi connectivity index (χ0n) is 45.7. The van der Waals surface area contributed by atoms with E-state index in [0.29, 0.717) is 73.5 Å². The molecule has 2 N–H and O–H groups in total. The molecule has 4 amide bonds. The van der Waals surface area contributed by atoms with Gasteiger partial charge in [0.25, 0.3) is 11.8 Å². The lowest BCUT2D eigenvalue weighted by molar-refractivity contribution is -0.131. The van der Waals surface area contributed by atoms with E-state index in [4.69, 9.17) is 9.15 Å². The molecule has 8 heterocycles. The van der Waals surface area contributed by atoms with Crippen LogP contribution in [0.1, 0.15) is 77.3 Å². The number of carbonyl (C=O) groups is 4. The first-order valence-electron chi connectivity index (χ1n) is 26.3. The molecule has 0 saturated heterocycles. The van der Waals surface area contributed by atoms with Gasteiger partial charge in [-0.15, -0.1) is 10.2 Å². The fraction of sp³-hybridized carbons (Fsp3) is 0.305. The van der Waals surface area contributed by atoms with Crippen molar-refractivity contribution in [1.82, 2.24) is 64.5 Å². The fourth-order valence-corrected chi connectivity index (χ4v) is 9.86. The number of hydrogen-bond donors (Lipinski definition) is 2. The molecule has 19 nitrogen and oxygen atoms in total. The lowest BCUT2D eigenvalue weighted by Crippen LogP contribution is -2.36. The number of amides is 4. The molecule has 79 heavy (non-hydrogen) atoms. The van der Waals surface area contributed by atoms with E-state index in [9.17, 15) is 19.2 Å². The van der Waals surface area contributed by atoms with E-state index >= 15 is 4.39 Å². The molecule has 0 saturated carbocycles. The second-order valence-corrected chi connectivity index (χ2v) is 19.5. The molecule has 0 atom stereocenters. The average Bonchev–Trinajstić information content (AvgIpc) is 4.52. The number of fused-ring (bicyclic) bond motifs is 3. The minimum absolute atomic E-state index is 0.0286. The molecule has 9 aromatic rings. The highest BCUT2D eigenvalue weighted by Gasteiger charge is 2.27. The van der Waals surface area contributed by atoms with Crippen molar-refractivity contribution in [3.8, 4) is 28.0 Å². The van der Waals surface area contributed by atoms with Crippen LogP contribution in [0.5, 0.6) is 5.75 Å². The third-order valence-corrected chi connectivity index (χ3v) is 13.9. The molecule has 11 rings (SSSR count). The highest BCUT2D eigenvalue weighted by molar-refractivity contribution is 6.06. The van der Waals surface area contributed by atoms with Gasteiger partial charge in [0, 0.05) is 130 Å². The van der Waals surface area contributed by atoms with Gasteiger partial charge < -0.3 is 38.7 Å². The van der Waals surface area contributed by atoms with Gasteiger partial charge in [-0.05, 0) is 90.1 Å². The predicted molar refractivity (Wildman–Crippen MR) is 301 cm³/mol. The summed E-state index contributed by atoms with van der Waals surface area (Å²) in [5.74, 6) is 0.125. The van der Waals surface area contributed by atoms with Crippen LogP contribution in [0.4, 0.5) is 4.39 Å². The summed E-state index contributed by atoms with van der Waals surface area (Å²) in [6.45, 7) is 8.96. The lowest BCUT2D eigenvalue weighted by atomic mass is 9.93. The summed E-state index contributed by atoms with van der Waals surface area (Å²) in [5.41, 5.74) is 9.41. The minimum Gasteiger partial charge on any atom is -0.496 e. The quantitative estimate of drug-likeness (QED) is 0.111. The lowest BCUT2D eigenvalue weighted by Gasteiger charge is -2.28. The Morgan fingerprint density at radius 3 is 2.01 bits per heavy atom. The van der Waals surface area contributed by atoms with E-state index in [2.05, 4.69) is 47.7 Å². The van der Waals surface area contributed by atoms with E-state index in [1.165, 1.54) is 9.80 Å². The Morgan fingerprint density at radius 1 is 0.734 bits per heavy atom. The molecule has 0 aliphatic carbocycles. The van der Waals surface area contributed by atoms with Crippen LogP contribution in [0, 0.1) is 12.7 Å². The summed E-state index contributed by atoms with van der Waals surface area (Å²) in [5, 5.41) is 17.8. The summed E-state index contributed by atoms with van der Waals surface area (Å²) in [7, 11) is 8.34. The number of halogens is 1. The number of pyridine rings is 1. The second kappa shape index (κ2) is 24.0. The number of nitrogens with one attached hydrogen (secondary N) is 2. The maximum atomic E-state index is 16.2. The van der Waals surface area contributed by atoms with E-state index in [-0.39, 0.29) is 47.9 Å². The van der Waals surface area contributed by atoms with Crippen molar-refractivity contribution in [1.29, 1.82) is 0 Å². The number of para-hydroxylation sites is 1. The molecule has 0 spiro atoms. The molecule has 0 radical (unpaired) electrons. The highest BCUT2D eigenvalue weighted by Crippen LogP contribution is 2.41. The van der Waals surface area contributed by atoms with Crippen molar-refractivity contribution in [2.24, 2.45) is 0 Å². The molecular weight excluding hydrogens is 1010 g/mol. The van der Waals surface area contributed by atoms with Crippen molar-refractivity contribution in [2.75, 3.05) is 61.5 Å². The molecule has 0 fully saturated rings. The Hall–Kier alpha value is -9.20. The maximum Gasteiger partial charge on any atom is 0.289 e. The first-order chi connectivity index (χ1) is 38.2. The highest BCUT2D eigenvalue weighted by atomic mass is 19.1. The number of benzene rings is 3. The van der Waals surface area contributed by atoms with Crippen LogP contribution in [0.25, 0.3) is 66.3 Å². The van der Waals surface area contributed by atoms with Crippen LogP contribution in [0.2, 0.25) is 0 Å². The monoisotopic (exact) mass is 1070 g/mol. The number of carbonyl (C=O) groups excluding carboxylic acids is 4. The molecule has 3 aromatic carbocycles. The molecule has 2 aliphatic heterocycles. The Balaban J connectivity index is 0.000000186. The number of aromatic nitrogens is 9. The van der Waals surface area contributed by atoms with E-state index in [1.807, 2.05) is 80.4 Å². The van der Waals surface area contributed by atoms with Crippen LogP contribution in [0.3, 0.4) is 0 Å². The predicted octanol–water partition coefficient (Wildman–Crippen LogP) is 9.29. The van der Waals surface area contributed by atoms with Gasteiger partial charge in [-0.1, -0.05) is 54.6 Å². The molecule has 6 aromatic heterocycles. The summed E-state index contributed by atoms with van der Waals surface area (Å²) >= 11 is 0. The second-order valence-electron chi connectivity index (χ2n) is 19.5. The number of rotatable bonds is 13. The Labute approximate surface area is 456 Å². The number of aryl methyl sites for hydroxylation is 3. The summed E-state index contributed by atoms with van der Waals surface area (Å²) in [4.78, 5) is 68.8. The van der Waals surface area contributed by atoms with Crippen LogP contribution < -0.4 is 4.74 Å². The Morgan fingerprint density at radius 2 is 1.38 bits per heavy atom. The van der Waals surface area contributed by atoms with Crippen molar-refractivity contribution in [2.45, 2.75) is 59.5 Å². The molecule has 408 valence electrons. The van der Waals surface area contributed by atoms with Gasteiger partial charge in [-0.25, -0.2) is 9.37 Å². The molecule has 0 unspecified atom stereocenters. The number of ether oxygens (including phenoxy) is 1. The van der Waals surface area contributed by atoms with Gasteiger partial charge in [0.1, 0.15) is 22.7 Å². The zero-order valence-corrected chi connectivity index (χ0v) is 45.7. The van der Waals surface area contributed by atoms with Crippen molar-refractivity contribution in [3.05, 3.63) is 144 Å². The molecule has 2 aliphatic rings. The summed E-state index contributed by atoms with van der Waals surface area (Å²) in [6, 6.07) is 19.1. The summed E-state index contributed by atoms with van der Waals surface area (Å²) in [6.07, 6.45) is 16.5. The number of hydrogen-bond acceptors (Lipinski definition) is 11. The van der Waals surface area contributed by atoms with Crippen molar-refractivity contribution < 1.29 is 32.7 Å². The van der Waals surface area contributed by atoms with Crippen molar-refractivity contribution in [3.63, 3.8) is 0 Å². The average molecular weight is 1070 g/mol. The van der Waals surface area contributed by atoms with E-state index < -0.39 is 5.82 Å². The van der Waals surface area contributed by atoms with Crippen molar-refractivity contribution >= 4 is 67.7 Å². The molecule has 20 heteroatoms. The van der Waals surface area contributed by atoms with Gasteiger partial charge in [-0.2, -0.15) is 0 Å². The topological polar surface area (TPSA) is 209 Å². The third-order valence-electron chi connectivity index (χ3n) is 13.9. The Kier molecular flexibility index (Phi) is 16.6.